The molecule has 0 radical (unpaired) electrons. The number of amides is 1. The second kappa shape index (κ2) is 6.96. The Morgan fingerprint density at radius 2 is 2.00 bits per heavy atom. The molecule has 0 unspecified atom stereocenters. The largest absolute Gasteiger partial charge is 0.348 e. The van der Waals surface area contributed by atoms with Crippen LogP contribution in [0.2, 0.25) is 0 Å². The van der Waals surface area contributed by atoms with Crippen LogP contribution >= 0.6 is 0 Å². The van der Waals surface area contributed by atoms with E-state index < -0.39 is 0 Å². The topological polar surface area (TPSA) is 46.1 Å². The molecule has 4 nitrogen and oxygen atoms in total. The molecule has 2 heterocycles. The fraction of sp³-hybridized carbons (Fsp3) is 0.318. The number of aryl methyl sites for hydroxylation is 2. The molecule has 4 heteroatoms. The maximum absolute atomic E-state index is 12.9. The van der Waals surface area contributed by atoms with Gasteiger partial charge in [-0.2, -0.15) is 0 Å². The molecule has 2 N–H and O–H groups in total. The first-order valence-electron chi connectivity index (χ1n) is 9.35. The third-order valence-corrected chi connectivity index (χ3v) is 5.50. The maximum atomic E-state index is 12.9. The van der Waals surface area contributed by atoms with Crippen LogP contribution in [0.1, 0.15) is 30.5 Å². The van der Waals surface area contributed by atoms with Gasteiger partial charge in [0.15, 0.2) is 0 Å². The molecule has 1 amide bonds. The van der Waals surface area contributed by atoms with Crippen molar-refractivity contribution in [3.8, 4) is 0 Å². The van der Waals surface area contributed by atoms with Crippen LogP contribution < -0.4 is 10.6 Å². The monoisotopic (exact) mass is 347 g/mol. The second-order valence-corrected chi connectivity index (χ2v) is 7.05. The highest BCUT2D eigenvalue weighted by atomic mass is 16.2. The molecule has 1 aromatic heterocycles. The van der Waals surface area contributed by atoms with E-state index in [1.165, 1.54) is 22.2 Å². The van der Waals surface area contributed by atoms with Crippen molar-refractivity contribution in [1.29, 1.82) is 0 Å². The normalized spacial score (nSPS) is 19.8. The highest BCUT2D eigenvalue weighted by Gasteiger charge is 2.33. The summed E-state index contributed by atoms with van der Waals surface area (Å²) in [5, 5.41) is 7.65. The van der Waals surface area contributed by atoms with Gasteiger partial charge in [0, 0.05) is 35.2 Å². The average molecular weight is 347 g/mol. The summed E-state index contributed by atoms with van der Waals surface area (Å²) in [5.41, 5.74) is 4.58. The van der Waals surface area contributed by atoms with Crippen LogP contribution in [0.3, 0.4) is 0 Å². The number of rotatable bonds is 4. The highest BCUT2D eigenvalue weighted by Crippen LogP contribution is 2.29. The van der Waals surface area contributed by atoms with Crippen LogP contribution in [0.15, 0.2) is 54.6 Å². The standard InChI is InChI=1S/C22H25N3O/c1-3-18-14-16-13-17(9-10-20(16)25(18)2)24-22(26)21-19(11-12-23-21)15-7-5-4-6-8-15/h4-10,13-14,19,21,23H,3,11-12H2,1-2H3,(H,24,26)/t19-,21-/m0/s1. The maximum Gasteiger partial charge on any atom is 0.242 e. The van der Waals surface area contributed by atoms with Crippen molar-refractivity contribution in [3.63, 3.8) is 0 Å². The lowest BCUT2D eigenvalue weighted by Gasteiger charge is -2.19. The zero-order valence-electron chi connectivity index (χ0n) is 15.3. The minimum absolute atomic E-state index is 0.0438. The zero-order chi connectivity index (χ0) is 18.1. The summed E-state index contributed by atoms with van der Waals surface area (Å²) in [5.74, 6) is 0.269. The number of carbonyl (C=O) groups excluding carboxylic acids is 1. The van der Waals surface area contributed by atoms with Crippen molar-refractivity contribution in [1.82, 2.24) is 9.88 Å². The Kier molecular flexibility index (Phi) is 4.51. The fourth-order valence-electron chi connectivity index (χ4n) is 4.08. The average Bonchev–Trinajstić information content (AvgIpc) is 3.27. The Morgan fingerprint density at radius 3 is 2.77 bits per heavy atom. The smallest absolute Gasteiger partial charge is 0.242 e. The Morgan fingerprint density at radius 1 is 1.19 bits per heavy atom. The van der Waals surface area contributed by atoms with E-state index in [1.54, 1.807) is 0 Å². The van der Waals surface area contributed by atoms with E-state index in [-0.39, 0.29) is 17.9 Å². The van der Waals surface area contributed by atoms with Crippen molar-refractivity contribution in [2.45, 2.75) is 31.7 Å². The fourth-order valence-corrected chi connectivity index (χ4v) is 4.08. The van der Waals surface area contributed by atoms with Gasteiger partial charge in [0.1, 0.15) is 0 Å². The number of hydrogen-bond donors (Lipinski definition) is 2. The lowest BCUT2D eigenvalue weighted by Crippen LogP contribution is -2.39. The summed E-state index contributed by atoms with van der Waals surface area (Å²) in [6.45, 7) is 3.03. The number of anilines is 1. The molecule has 4 rings (SSSR count). The SMILES string of the molecule is CCc1cc2cc(NC(=O)[C@H]3NCC[C@H]3c3ccccc3)ccc2n1C. The molecule has 134 valence electrons. The van der Waals surface area contributed by atoms with E-state index in [2.05, 4.69) is 59.5 Å². The van der Waals surface area contributed by atoms with Crippen LogP contribution in [0.25, 0.3) is 10.9 Å². The number of nitrogens with zero attached hydrogens (tertiary/aromatic N) is 1. The zero-order valence-corrected chi connectivity index (χ0v) is 15.3. The van der Waals surface area contributed by atoms with Gasteiger partial charge in [-0.15, -0.1) is 0 Å². The number of carbonyl (C=O) groups is 1. The molecule has 1 saturated heterocycles. The summed E-state index contributed by atoms with van der Waals surface area (Å²) in [7, 11) is 2.09. The Balaban J connectivity index is 1.55. The van der Waals surface area contributed by atoms with Crippen LogP contribution in [-0.4, -0.2) is 23.1 Å². The lowest BCUT2D eigenvalue weighted by molar-refractivity contribution is -0.118. The van der Waals surface area contributed by atoms with Crippen LogP contribution in [0.5, 0.6) is 0 Å². The van der Waals surface area contributed by atoms with Gasteiger partial charge in [0.05, 0.1) is 6.04 Å². The Labute approximate surface area is 154 Å². The van der Waals surface area contributed by atoms with Gasteiger partial charge in [-0.25, -0.2) is 0 Å². The second-order valence-electron chi connectivity index (χ2n) is 7.05. The third kappa shape index (κ3) is 3.01. The van der Waals surface area contributed by atoms with Gasteiger partial charge < -0.3 is 15.2 Å². The van der Waals surface area contributed by atoms with E-state index in [0.717, 1.165) is 25.1 Å². The van der Waals surface area contributed by atoms with Crippen molar-refractivity contribution < 1.29 is 4.79 Å². The summed E-state index contributed by atoms with van der Waals surface area (Å²) in [6.07, 6.45) is 1.98. The molecular formula is C22H25N3O. The molecule has 0 saturated carbocycles. The van der Waals surface area contributed by atoms with Crippen molar-refractivity contribution in [2.24, 2.45) is 7.05 Å². The molecule has 0 bridgehead atoms. The Hall–Kier alpha value is -2.59. The minimum Gasteiger partial charge on any atom is -0.348 e. The molecule has 2 aromatic carbocycles. The molecule has 1 fully saturated rings. The van der Waals surface area contributed by atoms with E-state index >= 15 is 0 Å². The number of hydrogen-bond acceptors (Lipinski definition) is 2. The first-order valence-corrected chi connectivity index (χ1v) is 9.35. The lowest BCUT2D eigenvalue weighted by atomic mass is 9.91. The van der Waals surface area contributed by atoms with Gasteiger partial charge in [0.25, 0.3) is 0 Å². The Bertz CT molecular complexity index is 929. The van der Waals surface area contributed by atoms with Gasteiger partial charge in [0.2, 0.25) is 5.91 Å². The molecular weight excluding hydrogens is 322 g/mol. The first kappa shape index (κ1) is 16.9. The molecule has 1 aliphatic heterocycles. The number of benzene rings is 2. The van der Waals surface area contributed by atoms with Gasteiger partial charge in [-0.3, -0.25) is 4.79 Å². The summed E-state index contributed by atoms with van der Waals surface area (Å²) in [6, 6.07) is 18.5. The van der Waals surface area contributed by atoms with Crippen LogP contribution in [-0.2, 0) is 18.3 Å². The predicted molar refractivity (Wildman–Crippen MR) is 107 cm³/mol. The summed E-state index contributed by atoms with van der Waals surface area (Å²) >= 11 is 0. The van der Waals surface area contributed by atoms with Crippen molar-refractivity contribution in [2.75, 3.05) is 11.9 Å². The van der Waals surface area contributed by atoms with E-state index in [4.69, 9.17) is 0 Å². The van der Waals surface area contributed by atoms with Gasteiger partial charge in [-0.1, -0.05) is 37.3 Å². The predicted octanol–water partition coefficient (Wildman–Crippen LogP) is 3.82. The van der Waals surface area contributed by atoms with E-state index in [0.29, 0.717) is 0 Å². The first-order chi connectivity index (χ1) is 12.7. The highest BCUT2D eigenvalue weighted by molar-refractivity contribution is 5.98. The molecule has 1 aliphatic rings. The minimum atomic E-state index is -0.185. The van der Waals surface area contributed by atoms with Crippen molar-refractivity contribution >= 4 is 22.5 Å². The van der Waals surface area contributed by atoms with Gasteiger partial charge in [-0.05, 0) is 49.2 Å². The van der Waals surface area contributed by atoms with E-state index in [1.807, 2.05) is 24.3 Å². The van der Waals surface area contributed by atoms with E-state index in [9.17, 15) is 4.79 Å². The summed E-state index contributed by atoms with van der Waals surface area (Å²) in [4.78, 5) is 12.9. The van der Waals surface area contributed by atoms with Crippen LogP contribution in [0, 0.1) is 0 Å². The molecule has 0 spiro atoms. The number of fused-ring (bicyclic) bond motifs is 1. The van der Waals surface area contributed by atoms with Gasteiger partial charge >= 0.3 is 0 Å². The number of aromatic nitrogens is 1. The molecule has 0 aliphatic carbocycles. The quantitative estimate of drug-likeness (QED) is 0.753. The van der Waals surface area contributed by atoms with Crippen LogP contribution in [0.4, 0.5) is 5.69 Å². The third-order valence-electron chi connectivity index (χ3n) is 5.50. The molecule has 3 aromatic rings. The summed E-state index contributed by atoms with van der Waals surface area (Å²) < 4.78 is 2.21. The molecule has 2 atom stereocenters. The number of nitrogens with one attached hydrogen (secondary N) is 2. The van der Waals surface area contributed by atoms with Crippen molar-refractivity contribution in [3.05, 3.63) is 65.9 Å². The molecule has 26 heavy (non-hydrogen) atoms.